The molecule has 4 N–H and O–H groups in total. The standard InChI is InChI=1S/C9H12FNO.C9H13N/c1-6(11)8-5-7(10)3-4-9(8)12-2;1-2-9(10)8-6-4-3-5-7-8/h3-6H,11H2,1-2H3;3-7,9H,2,10H2,1H3. The highest BCUT2D eigenvalue weighted by molar-refractivity contribution is 5.35. The van der Waals surface area contributed by atoms with Gasteiger partial charge in [-0.1, -0.05) is 37.3 Å². The van der Waals surface area contributed by atoms with Crippen LogP contribution in [-0.4, -0.2) is 7.11 Å². The van der Waals surface area contributed by atoms with Crippen molar-refractivity contribution in [2.75, 3.05) is 7.11 Å². The second-order valence-electron chi connectivity index (χ2n) is 5.10. The number of hydrogen-bond donors (Lipinski definition) is 2. The number of hydrogen-bond acceptors (Lipinski definition) is 3. The molecule has 0 aromatic heterocycles. The zero-order chi connectivity index (χ0) is 16.5. The number of halogens is 1. The van der Waals surface area contributed by atoms with Gasteiger partial charge in [0.05, 0.1) is 7.11 Å². The van der Waals surface area contributed by atoms with Crippen LogP contribution in [0.15, 0.2) is 48.5 Å². The molecule has 22 heavy (non-hydrogen) atoms. The summed E-state index contributed by atoms with van der Waals surface area (Å²) >= 11 is 0. The maximum absolute atomic E-state index is 12.7. The summed E-state index contributed by atoms with van der Waals surface area (Å²) < 4.78 is 17.7. The molecular formula is C18H25FN2O. The van der Waals surface area contributed by atoms with Crippen molar-refractivity contribution in [3.8, 4) is 5.75 Å². The molecule has 0 bridgehead atoms. The smallest absolute Gasteiger partial charge is 0.123 e. The fraction of sp³-hybridized carbons (Fsp3) is 0.333. The van der Waals surface area contributed by atoms with Crippen LogP contribution in [0, 0.1) is 5.82 Å². The largest absolute Gasteiger partial charge is 0.496 e. The molecule has 2 aromatic carbocycles. The summed E-state index contributed by atoms with van der Waals surface area (Å²) in [6.07, 6.45) is 1.00. The van der Waals surface area contributed by atoms with E-state index in [1.807, 2.05) is 18.2 Å². The van der Waals surface area contributed by atoms with E-state index in [9.17, 15) is 4.39 Å². The summed E-state index contributed by atoms with van der Waals surface area (Å²) in [4.78, 5) is 0. The van der Waals surface area contributed by atoms with Crippen LogP contribution in [0.25, 0.3) is 0 Å². The van der Waals surface area contributed by atoms with Gasteiger partial charge < -0.3 is 16.2 Å². The summed E-state index contributed by atoms with van der Waals surface area (Å²) in [5.41, 5.74) is 13.3. The molecule has 0 spiro atoms. The van der Waals surface area contributed by atoms with Crippen molar-refractivity contribution in [1.82, 2.24) is 0 Å². The van der Waals surface area contributed by atoms with Gasteiger partial charge in [-0.3, -0.25) is 0 Å². The summed E-state index contributed by atoms with van der Waals surface area (Å²) in [5, 5.41) is 0. The fourth-order valence-electron chi connectivity index (χ4n) is 2.00. The SMILES string of the molecule is CCC(N)c1ccccc1.COc1ccc(F)cc1C(C)N. The van der Waals surface area contributed by atoms with Gasteiger partial charge in [0.1, 0.15) is 11.6 Å². The molecule has 4 heteroatoms. The average molecular weight is 304 g/mol. The van der Waals surface area contributed by atoms with E-state index in [0.29, 0.717) is 11.3 Å². The Hall–Kier alpha value is -1.91. The minimum atomic E-state index is -0.289. The van der Waals surface area contributed by atoms with E-state index in [2.05, 4.69) is 19.1 Å². The molecule has 0 fully saturated rings. The normalized spacial score (nSPS) is 12.8. The first kappa shape index (κ1) is 18.1. The molecule has 2 atom stereocenters. The molecule has 120 valence electrons. The van der Waals surface area contributed by atoms with Gasteiger partial charge in [0, 0.05) is 17.6 Å². The minimum Gasteiger partial charge on any atom is -0.496 e. The van der Waals surface area contributed by atoms with E-state index >= 15 is 0 Å². The van der Waals surface area contributed by atoms with Crippen LogP contribution in [0.5, 0.6) is 5.75 Å². The maximum Gasteiger partial charge on any atom is 0.123 e. The van der Waals surface area contributed by atoms with Gasteiger partial charge in [0.15, 0.2) is 0 Å². The zero-order valence-electron chi connectivity index (χ0n) is 13.4. The molecular weight excluding hydrogens is 279 g/mol. The first-order chi connectivity index (χ1) is 10.5. The minimum absolute atomic E-state index is 0.209. The molecule has 0 radical (unpaired) electrons. The lowest BCUT2D eigenvalue weighted by atomic mass is 10.1. The van der Waals surface area contributed by atoms with Crippen molar-refractivity contribution in [2.24, 2.45) is 11.5 Å². The highest BCUT2D eigenvalue weighted by Crippen LogP contribution is 2.23. The van der Waals surface area contributed by atoms with Gasteiger partial charge in [-0.25, -0.2) is 4.39 Å². The average Bonchev–Trinajstić information content (AvgIpc) is 2.55. The van der Waals surface area contributed by atoms with Crippen molar-refractivity contribution >= 4 is 0 Å². The molecule has 0 amide bonds. The number of nitrogens with two attached hydrogens (primary N) is 2. The van der Waals surface area contributed by atoms with E-state index < -0.39 is 0 Å². The molecule has 0 saturated heterocycles. The van der Waals surface area contributed by atoms with Gasteiger partial charge in [0.25, 0.3) is 0 Å². The topological polar surface area (TPSA) is 61.3 Å². The number of rotatable bonds is 4. The quantitative estimate of drug-likeness (QED) is 0.899. The predicted molar refractivity (Wildman–Crippen MR) is 89.2 cm³/mol. The molecule has 0 heterocycles. The van der Waals surface area contributed by atoms with Crippen LogP contribution >= 0.6 is 0 Å². The Morgan fingerprint density at radius 2 is 1.73 bits per heavy atom. The first-order valence-electron chi connectivity index (χ1n) is 7.39. The van der Waals surface area contributed by atoms with Gasteiger partial charge in [-0.05, 0) is 37.1 Å². The second kappa shape index (κ2) is 9.18. The molecule has 0 aliphatic rings. The Morgan fingerprint density at radius 1 is 1.09 bits per heavy atom. The Balaban J connectivity index is 0.000000224. The summed E-state index contributed by atoms with van der Waals surface area (Å²) in [6, 6.07) is 14.5. The van der Waals surface area contributed by atoms with E-state index in [-0.39, 0.29) is 17.9 Å². The van der Waals surface area contributed by atoms with Crippen molar-refractivity contribution in [3.05, 3.63) is 65.5 Å². The second-order valence-corrected chi connectivity index (χ2v) is 5.10. The number of methoxy groups -OCH3 is 1. The Morgan fingerprint density at radius 3 is 2.23 bits per heavy atom. The Kier molecular flexibility index (Phi) is 7.57. The molecule has 0 aliphatic heterocycles. The molecule has 3 nitrogen and oxygen atoms in total. The van der Waals surface area contributed by atoms with Crippen LogP contribution in [0.2, 0.25) is 0 Å². The maximum atomic E-state index is 12.7. The van der Waals surface area contributed by atoms with E-state index in [4.69, 9.17) is 16.2 Å². The highest BCUT2D eigenvalue weighted by atomic mass is 19.1. The lowest BCUT2D eigenvalue weighted by Gasteiger charge is -2.10. The van der Waals surface area contributed by atoms with Crippen LogP contribution in [0.3, 0.4) is 0 Å². The van der Waals surface area contributed by atoms with Crippen LogP contribution in [0.4, 0.5) is 4.39 Å². The molecule has 2 aromatic rings. The van der Waals surface area contributed by atoms with Crippen LogP contribution in [-0.2, 0) is 0 Å². The van der Waals surface area contributed by atoms with Crippen LogP contribution in [0.1, 0.15) is 43.5 Å². The molecule has 0 aliphatic carbocycles. The van der Waals surface area contributed by atoms with E-state index in [0.717, 1.165) is 6.42 Å². The summed E-state index contributed by atoms with van der Waals surface area (Å²) in [6.45, 7) is 3.88. The monoisotopic (exact) mass is 304 g/mol. The third kappa shape index (κ3) is 5.47. The van der Waals surface area contributed by atoms with Crippen molar-refractivity contribution in [3.63, 3.8) is 0 Å². The van der Waals surface area contributed by atoms with Crippen molar-refractivity contribution in [2.45, 2.75) is 32.4 Å². The summed E-state index contributed by atoms with van der Waals surface area (Å²) in [5.74, 6) is 0.342. The zero-order valence-corrected chi connectivity index (χ0v) is 13.4. The lowest BCUT2D eigenvalue weighted by molar-refractivity contribution is 0.405. The highest BCUT2D eigenvalue weighted by Gasteiger charge is 2.07. The Labute approximate surface area is 132 Å². The van der Waals surface area contributed by atoms with E-state index in [1.165, 1.54) is 17.7 Å². The number of benzene rings is 2. The van der Waals surface area contributed by atoms with Gasteiger partial charge in [-0.2, -0.15) is 0 Å². The first-order valence-corrected chi connectivity index (χ1v) is 7.39. The molecule has 0 saturated carbocycles. The lowest BCUT2D eigenvalue weighted by Crippen LogP contribution is -2.07. The van der Waals surface area contributed by atoms with Crippen molar-refractivity contribution in [1.29, 1.82) is 0 Å². The third-order valence-corrected chi connectivity index (χ3v) is 3.35. The molecule has 2 unspecified atom stereocenters. The third-order valence-electron chi connectivity index (χ3n) is 3.35. The Bertz CT molecular complexity index is 558. The van der Waals surface area contributed by atoms with Crippen molar-refractivity contribution < 1.29 is 9.13 Å². The predicted octanol–water partition coefficient (Wildman–Crippen LogP) is 3.95. The van der Waals surface area contributed by atoms with E-state index in [1.54, 1.807) is 20.1 Å². The molecule has 2 rings (SSSR count). The van der Waals surface area contributed by atoms with Gasteiger partial charge in [-0.15, -0.1) is 0 Å². The van der Waals surface area contributed by atoms with Gasteiger partial charge >= 0.3 is 0 Å². The van der Waals surface area contributed by atoms with Crippen LogP contribution < -0.4 is 16.2 Å². The summed E-state index contributed by atoms with van der Waals surface area (Å²) in [7, 11) is 1.54. The number of ether oxygens (including phenoxy) is 1. The fourth-order valence-corrected chi connectivity index (χ4v) is 2.00. The van der Waals surface area contributed by atoms with Gasteiger partial charge in [0.2, 0.25) is 0 Å².